The van der Waals surface area contributed by atoms with Crippen molar-refractivity contribution in [1.82, 2.24) is 4.98 Å². The van der Waals surface area contributed by atoms with Gasteiger partial charge in [-0.25, -0.2) is 4.98 Å². The highest BCUT2D eigenvalue weighted by Gasteiger charge is 2.59. The van der Waals surface area contributed by atoms with E-state index >= 15 is 0 Å². The van der Waals surface area contributed by atoms with Gasteiger partial charge in [-0.1, -0.05) is 36.8 Å². The van der Waals surface area contributed by atoms with Crippen LogP contribution in [0.4, 0.5) is 0 Å². The number of aromatic nitrogens is 1. The Morgan fingerprint density at radius 1 is 1.15 bits per heavy atom. The first-order chi connectivity index (χ1) is 13.0. The molecule has 7 atom stereocenters. The molecule has 5 rings (SSSR count). The first-order valence-electron chi connectivity index (χ1n) is 10.8. The second-order valence-electron chi connectivity index (χ2n) is 10.1. The van der Waals surface area contributed by atoms with E-state index in [0.717, 1.165) is 35.7 Å². The molecule has 0 aliphatic heterocycles. The summed E-state index contributed by atoms with van der Waals surface area (Å²) in [6, 6.07) is 0. The number of aliphatic hydroxyl groups is 1. The Morgan fingerprint density at radius 3 is 2.78 bits per heavy atom. The monoisotopic (exact) mass is 387 g/mol. The number of nitrogens with zero attached hydrogens (tertiary/aromatic N) is 1. The second-order valence-corrected chi connectivity index (χ2v) is 11.1. The fourth-order valence-electron chi connectivity index (χ4n) is 7.57. The Balaban J connectivity index is 1.45. The Morgan fingerprint density at radius 2 is 2.00 bits per heavy atom. The molecule has 148 valence electrons. The van der Waals surface area contributed by atoms with E-state index in [-0.39, 0.29) is 6.10 Å². The van der Waals surface area contributed by atoms with E-state index in [0.29, 0.717) is 16.7 Å². The summed E-state index contributed by atoms with van der Waals surface area (Å²) in [5.41, 5.74) is 2.30. The van der Waals surface area contributed by atoms with Crippen LogP contribution < -0.4 is 4.74 Å². The molecule has 0 saturated heterocycles. The maximum atomic E-state index is 10.2. The molecule has 1 N–H and O–H groups in total. The van der Waals surface area contributed by atoms with Gasteiger partial charge in [-0.15, -0.1) is 0 Å². The number of hydrogen-bond acceptors (Lipinski definition) is 4. The van der Waals surface area contributed by atoms with Gasteiger partial charge in [-0.3, -0.25) is 0 Å². The van der Waals surface area contributed by atoms with E-state index in [4.69, 9.17) is 9.72 Å². The highest BCUT2D eigenvalue weighted by Crippen LogP contribution is 2.68. The standard InChI is InChI=1S/C23H33NO2S/c1-22-10-8-15(25)12-14(22)4-5-16-17-6-7-19(21-24-13-20(26-3)27-21)23(17,2)11-9-18(16)22/h4,13,15-19,25H,5-12H2,1-3H3. The van der Waals surface area contributed by atoms with Crippen LogP contribution in [0.2, 0.25) is 0 Å². The average molecular weight is 388 g/mol. The molecule has 3 saturated carbocycles. The average Bonchev–Trinajstić information content (AvgIpc) is 3.25. The molecule has 1 aromatic heterocycles. The first-order valence-corrected chi connectivity index (χ1v) is 11.6. The third-order valence-electron chi connectivity index (χ3n) is 9.08. The molecule has 7 unspecified atom stereocenters. The molecule has 1 heterocycles. The van der Waals surface area contributed by atoms with Gasteiger partial charge in [0.1, 0.15) is 0 Å². The Kier molecular flexibility index (Phi) is 4.25. The molecule has 0 radical (unpaired) electrons. The van der Waals surface area contributed by atoms with Crippen LogP contribution in [0.15, 0.2) is 17.8 Å². The van der Waals surface area contributed by atoms with Crippen molar-refractivity contribution in [3.05, 3.63) is 22.9 Å². The lowest BCUT2D eigenvalue weighted by atomic mass is 9.47. The van der Waals surface area contributed by atoms with Crippen molar-refractivity contribution < 1.29 is 9.84 Å². The van der Waals surface area contributed by atoms with E-state index in [9.17, 15) is 5.11 Å². The zero-order valence-electron chi connectivity index (χ0n) is 16.9. The smallest absolute Gasteiger partial charge is 0.193 e. The summed E-state index contributed by atoms with van der Waals surface area (Å²) in [5, 5.41) is 12.4. The van der Waals surface area contributed by atoms with Gasteiger partial charge in [-0.05, 0) is 80.0 Å². The molecule has 3 fully saturated rings. The van der Waals surface area contributed by atoms with Gasteiger partial charge in [0.05, 0.1) is 24.4 Å². The third-order valence-corrected chi connectivity index (χ3v) is 10.2. The highest BCUT2D eigenvalue weighted by molar-refractivity contribution is 7.13. The minimum Gasteiger partial charge on any atom is -0.486 e. The van der Waals surface area contributed by atoms with Gasteiger partial charge >= 0.3 is 0 Å². The number of methoxy groups -OCH3 is 1. The lowest BCUT2D eigenvalue weighted by molar-refractivity contribution is -0.0409. The minimum atomic E-state index is -0.106. The van der Waals surface area contributed by atoms with Crippen LogP contribution in [-0.4, -0.2) is 23.3 Å². The van der Waals surface area contributed by atoms with E-state index in [2.05, 4.69) is 19.9 Å². The number of rotatable bonds is 2. The Hall–Kier alpha value is -0.870. The molecule has 0 amide bonds. The van der Waals surface area contributed by atoms with Gasteiger partial charge in [0.15, 0.2) is 5.06 Å². The predicted molar refractivity (Wildman–Crippen MR) is 109 cm³/mol. The van der Waals surface area contributed by atoms with Crippen LogP contribution in [0.25, 0.3) is 0 Å². The van der Waals surface area contributed by atoms with E-state index in [1.807, 2.05) is 6.20 Å². The van der Waals surface area contributed by atoms with Gasteiger partial charge < -0.3 is 9.84 Å². The summed E-state index contributed by atoms with van der Waals surface area (Å²) in [7, 11) is 1.75. The van der Waals surface area contributed by atoms with E-state index < -0.39 is 0 Å². The molecular formula is C23H33NO2S. The van der Waals surface area contributed by atoms with Gasteiger partial charge in [0.2, 0.25) is 0 Å². The summed E-state index contributed by atoms with van der Waals surface area (Å²) in [5.74, 6) is 3.05. The second kappa shape index (κ2) is 6.32. The number of ether oxygens (including phenoxy) is 1. The van der Waals surface area contributed by atoms with Gasteiger partial charge in [0.25, 0.3) is 0 Å². The van der Waals surface area contributed by atoms with Crippen molar-refractivity contribution in [1.29, 1.82) is 0 Å². The van der Waals surface area contributed by atoms with Crippen molar-refractivity contribution in [2.24, 2.45) is 28.6 Å². The fourth-order valence-corrected chi connectivity index (χ4v) is 8.60. The predicted octanol–water partition coefficient (Wildman–Crippen LogP) is 5.56. The summed E-state index contributed by atoms with van der Waals surface area (Å²) >= 11 is 1.76. The molecule has 0 aromatic carbocycles. The van der Waals surface area contributed by atoms with E-state index in [1.165, 1.54) is 43.5 Å². The number of aliphatic hydroxyl groups excluding tert-OH is 1. The van der Waals surface area contributed by atoms with Crippen LogP contribution in [0.1, 0.15) is 76.1 Å². The molecule has 27 heavy (non-hydrogen) atoms. The molecule has 1 aromatic rings. The van der Waals surface area contributed by atoms with Crippen molar-refractivity contribution in [3.8, 4) is 5.06 Å². The zero-order valence-corrected chi connectivity index (χ0v) is 17.7. The third kappa shape index (κ3) is 2.58. The normalized spacial score (nSPS) is 46.2. The maximum Gasteiger partial charge on any atom is 0.193 e. The quantitative estimate of drug-likeness (QED) is 0.676. The van der Waals surface area contributed by atoms with Crippen LogP contribution in [-0.2, 0) is 0 Å². The molecule has 4 heteroatoms. The van der Waals surface area contributed by atoms with Crippen molar-refractivity contribution in [3.63, 3.8) is 0 Å². The van der Waals surface area contributed by atoms with Gasteiger partial charge in [0, 0.05) is 5.92 Å². The summed E-state index contributed by atoms with van der Waals surface area (Å²) in [6.07, 6.45) is 14.0. The lowest BCUT2D eigenvalue weighted by Crippen LogP contribution is -2.50. The zero-order chi connectivity index (χ0) is 18.8. The molecule has 0 spiro atoms. The topological polar surface area (TPSA) is 42.4 Å². The van der Waals surface area contributed by atoms with Crippen molar-refractivity contribution >= 4 is 11.3 Å². The summed E-state index contributed by atoms with van der Waals surface area (Å²) in [6.45, 7) is 5.08. The van der Waals surface area contributed by atoms with Crippen LogP contribution in [0, 0.1) is 28.6 Å². The molecule has 0 bridgehead atoms. The van der Waals surface area contributed by atoms with Crippen LogP contribution in [0.3, 0.4) is 0 Å². The van der Waals surface area contributed by atoms with Crippen molar-refractivity contribution in [2.45, 2.75) is 77.2 Å². The van der Waals surface area contributed by atoms with E-state index in [1.54, 1.807) is 24.0 Å². The Bertz CT molecular complexity index is 757. The summed E-state index contributed by atoms with van der Waals surface area (Å²) in [4.78, 5) is 4.75. The molecule has 4 aliphatic carbocycles. The largest absolute Gasteiger partial charge is 0.486 e. The maximum absolute atomic E-state index is 10.2. The molecule has 4 aliphatic rings. The first kappa shape index (κ1) is 18.2. The van der Waals surface area contributed by atoms with Crippen LogP contribution in [0.5, 0.6) is 5.06 Å². The lowest BCUT2D eigenvalue weighted by Gasteiger charge is -2.58. The number of thiazole rings is 1. The molecular weight excluding hydrogens is 354 g/mol. The number of allylic oxidation sites excluding steroid dienone is 1. The fraction of sp³-hybridized carbons (Fsp3) is 0.783. The Labute approximate surface area is 167 Å². The number of fused-ring (bicyclic) bond motifs is 5. The summed E-state index contributed by atoms with van der Waals surface area (Å²) < 4.78 is 5.42. The van der Waals surface area contributed by atoms with Crippen LogP contribution >= 0.6 is 11.3 Å². The van der Waals surface area contributed by atoms with Crippen molar-refractivity contribution in [2.75, 3.05) is 7.11 Å². The molecule has 3 nitrogen and oxygen atoms in total. The van der Waals surface area contributed by atoms with Gasteiger partial charge in [-0.2, -0.15) is 0 Å². The highest BCUT2D eigenvalue weighted by atomic mass is 32.1. The number of hydrogen-bond donors (Lipinski definition) is 1. The SMILES string of the molecule is COc1cnc(C2CCC3C4CC=C5CC(O)CCC5(C)C4CCC23C)s1. The minimum absolute atomic E-state index is 0.106.